The summed E-state index contributed by atoms with van der Waals surface area (Å²) in [5, 5.41) is 4.37. The molecule has 0 spiro atoms. The van der Waals surface area contributed by atoms with E-state index >= 15 is 0 Å². The van der Waals surface area contributed by atoms with Gasteiger partial charge in [0.1, 0.15) is 6.54 Å². The number of fused-ring (bicyclic) bond motifs is 5. The lowest BCUT2D eigenvalue weighted by Crippen LogP contribution is -2.49. The molecular weight excluding hydrogens is 344 g/mol. The van der Waals surface area contributed by atoms with E-state index < -0.39 is 0 Å². The van der Waals surface area contributed by atoms with E-state index in [0.29, 0.717) is 12.3 Å². The molecule has 4 saturated carbocycles. The summed E-state index contributed by atoms with van der Waals surface area (Å²) in [5.74, 6) is 6.31. The molecule has 3 heteroatoms. The second-order valence-electron chi connectivity index (χ2n) is 11.1. The van der Waals surface area contributed by atoms with Crippen LogP contribution in [0.25, 0.3) is 0 Å². The monoisotopic (exact) mass is 382 g/mol. The highest BCUT2D eigenvalue weighted by atomic mass is 16.1. The van der Waals surface area contributed by atoms with Gasteiger partial charge in [-0.25, -0.2) is 0 Å². The lowest BCUT2D eigenvalue weighted by molar-refractivity contribution is -0.131. The van der Waals surface area contributed by atoms with Crippen LogP contribution >= 0.6 is 0 Å². The lowest BCUT2D eigenvalue weighted by Gasteiger charge is -2.56. The van der Waals surface area contributed by atoms with Crippen LogP contribution in [-0.4, -0.2) is 15.6 Å². The SMILES string of the molecule is Cc1ccnn1CC(=O)C1CCC2C3CCC4CC(C)CCC4C3CCC12C. The largest absolute Gasteiger partial charge is 0.297 e. The number of aromatic nitrogens is 2. The number of nitrogens with zero attached hydrogens (tertiary/aromatic N) is 2. The summed E-state index contributed by atoms with van der Waals surface area (Å²) in [5.41, 5.74) is 1.34. The Balaban J connectivity index is 1.33. The molecule has 0 N–H and O–H groups in total. The predicted molar refractivity (Wildman–Crippen MR) is 112 cm³/mol. The highest BCUT2D eigenvalue weighted by molar-refractivity contribution is 5.82. The Labute approximate surface area is 170 Å². The van der Waals surface area contributed by atoms with Gasteiger partial charge in [-0.05, 0) is 105 Å². The maximum Gasteiger partial charge on any atom is 0.157 e. The Morgan fingerprint density at radius 1 is 1.11 bits per heavy atom. The van der Waals surface area contributed by atoms with Crippen LogP contribution in [0.15, 0.2) is 12.3 Å². The molecule has 0 aliphatic heterocycles. The number of rotatable bonds is 3. The quantitative estimate of drug-likeness (QED) is 0.675. The van der Waals surface area contributed by atoms with E-state index in [1.807, 2.05) is 23.9 Å². The zero-order chi connectivity index (χ0) is 19.5. The van der Waals surface area contributed by atoms with Crippen molar-refractivity contribution >= 4 is 5.78 Å². The van der Waals surface area contributed by atoms with Crippen molar-refractivity contribution in [2.75, 3.05) is 0 Å². The predicted octanol–water partition coefficient (Wildman–Crippen LogP) is 5.67. The fourth-order valence-electron chi connectivity index (χ4n) is 8.44. The topological polar surface area (TPSA) is 34.9 Å². The smallest absolute Gasteiger partial charge is 0.157 e. The summed E-state index contributed by atoms with van der Waals surface area (Å²) in [7, 11) is 0. The highest BCUT2D eigenvalue weighted by Crippen LogP contribution is 2.64. The fourth-order valence-corrected chi connectivity index (χ4v) is 8.44. The summed E-state index contributed by atoms with van der Waals surface area (Å²) in [4.78, 5) is 13.3. The summed E-state index contributed by atoms with van der Waals surface area (Å²) in [6.07, 6.45) is 14.2. The average Bonchev–Trinajstić information content (AvgIpc) is 3.23. The van der Waals surface area contributed by atoms with Crippen molar-refractivity contribution in [2.45, 2.75) is 85.1 Å². The first kappa shape index (κ1) is 18.9. The van der Waals surface area contributed by atoms with Crippen LogP contribution in [0.4, 0.5) is 0 Å². The van der Waals surface area contributed by atoms with E-state index in [1.165, 1.54) is 51.4 Å². The van der Waals surface area contributed by atoms with Crippen molar-refractivity contribution in [3.63, 3.8) is 0 Å². The second kappa shape index (κ2) is 6.99. The van der Waals surface area contributed by atoms with Crippen molar-refractivity contribution < 1.29 is 4.79 Å². The third-order valence-corrected chi connectivity index (χ3v) is 9.84. The van der Waals surface area contributed by atoms with E-state index in [2.05, 4.69) is 18.9 Å². The number of carbonyl (C=O) groups is 1. The molecule has 1 aromatic rings. The Morgan fingerprint density at radius 3 is 2.71 bits per heavy atom. The zero-order valence-corrected chi connectivity index (χ0v) is 18.1. The third kappa shape index (κ3) is 2.91. The minimum Gasteiger partial charge on any atom is -0.297 e. The Kier molecular flexibility index (Phi) is 4.71. The van der Waals surface area contributed by atoms with Crippen LogP contribution < -0.4 is 0 Å². The van der Waals surface area contributed by atoms with Crippen LogP contribution in [0.5, 0.6) is 0 Å². The molecule has 0 saturated heterocycles. The molecule has 5 rings (SSSR count). The molecule has 4 aliphatic rings. The number of aryl methyl sites for hydroxylation is 1. The van der Waals surface area contributed by atoms with Gasteiger partial charge in [-0.2, -0.15) is 5.10 Å². The molecular formula is C25H38N2O. The first-order valence-corrected chi connectivity index (χ1v) is 12.0. The first-order valence-electron chi connectivity index (χ1n) is 12.0. The molecule has 3 nitrogen and oxygen atoms in total. The van der Waals surface area contributed by atoms with Gasteiger partial charge < -0.3 is 0 Å². The molecule has 0 amide bonds. The molecule has 1 aromatic heterocycles. The minimum absolute atomic E-state index is 0.244. The summed E-state index contributed by atoms with van der Waals surface area (Å²) >= 11 is 0. The zero-order valence-electron chi connectivity index (χ0n) is 18.1. The normalized spacial score (nSPS) is 45.2. The molecule has 28 heavy (non-hydrogen) atoms. The number of ketones is 1. The summed E-state index contributed by atoms with van der Waals surface area (Å²) < 4.78 is 1.90. The van der Waals surface area contributed by atoms with Crippen molar-refractivity contribution in [3.8, 4) is 0 Å². The molecule has 0 aromatic carbocycles. The Morgan fingerprint density at radius 2 is 1.93 bits per heavy atom. The number of hydrogen-bond donors (Lipinski definition) is 0. The molecule has 154 valence electrons. The van der Waals surface area contributed by atoms with Crippen LogP contribution in [0.2, 0.25) is 0 Å². The Hall–Kier alpha value is -1.12. The molecule has 1 heterocycles. The van der Waals surface area contributed by atoms with Crippen LogP contribution in [-0.2, 0) is 11.3 Å². The molecule has 4 aliphatic carbocycles. The van der Waals surface area contributed by atoms with Crippen molar-refractivity contribution in [1.29, 1.82) is 0 Å². The van der Waals surface area contributed by atoms with Crippen molar-refractivity contribution in [1.82, 2.24) is 9.78 Å². The van der Waals surface area contributed by atoms with Crippen LogP contribution in [0, 0.1) is 53.8 Å². The maximum atomic E-state index is 13.3. The first-order chi connectivity index (χ1) is 13.5. The maximum absolute atomic E-state index is 13.3. The van der Waals surface area contributed by atoms with Gasteiger partial charge in [-0.1, -0.05) is 20.3 Å². The van der Waals surface area contributed by atoms with Crippen molar-refractivity contribution in [3.05, 3.63) is 18.0 Å². The highest BCUT2D eigenvalue weighted by Gasteiger charge is 2.58. The molecule has 8 atom stereocenters. The van der Waals surface area contributed by atoms with E-state index in [4.69, 9.17) is 0 Å². The van der Waals surface area contributed by atoms with Crippen LogP contribution in [0.1, 0.15) is 77.3 Å². The van der Waals surface area contributed by atoms with Gasteiger partial charge in [0.2, 0.25) is 0 Å². The van der Waals surface area contributed by atoms with E-state index in [9.17, 15) is 4.79 Å². The second-order valence-corrected chi connectivity index (χ2v) is 11.1. The van der Waals surface area contributed by atoms with E-state index in [0.717, 1.165) is 47.6 Å². The number of carbonyl (C=O) groups excluding carboxylic acids is 1. The standard InChI is InChI=1S/C25H38N2O/c1-16-4-6-19-18(14-16)5-7-21-20(19)10-12-25(3)22(21)8-9-23(25)24(28)15-27-17(2)11-13-26-27/h11,13,16,18-23H,4-10,12,14-15H2,1-3H3. The summed E-state index contributed by atoms with van der Waals surface area (Å²) in [6, 6.07) is 2.00. The van der Waals surface area contributed by atoms with Gasteiger partial charge in [0.05, 0.1) is 0 Å². The number of Topliss-reactive ketones (excluding diaryl/α,β-unsaturated/α-hetero) is 1. The lowest BCUT2D eigenvalue weighted by atomic mass is 9.49. The van der Waals surface area contributed by atoms with E-state index in [-0.39, 0.29) is 11.3 Å². The summed E-state index contributed by atoms with van der Waals surface area (Å²) in [6.45, 7) is 7.47. The van der Waals surface area contributed by atoms with Gasteiger partial charge in [-0.3, -0.25) is 9.48 Å². The average molecular weight is 383 g/mol. The van der Waals surface area contributed by atoms with Crippen LogP contribution in [0.3, 0.4) is 0 Å². The minimum atomic E-state index is 0.244. The molecule has 4 fully saturated rings. The molecule has 0 radical (unpaired) electrons. The molecule has 8 unspecified atom stereocenters. The fraction of sp³-hybridized carbons (Fsp3) is 0.840. The third-order valence-electron chi connectivity index (χ3n) is 9.84. The van der Waals surface area contributed by atoms with E-state index in [1.54, 1.807) is 0 Å². The Bertz CT molecular complexity index is 739. The van der Waals surface area contributed by atoms with Gasteiger partial charge in [0, 0.05) is 17.8 Å². The van der Waals surface area contributed by atoms with Gasteiger partial charge in [0.15, 0.2) is 5.78 Å². The van der Waals surface area contributed by atoms with Crippen molar-refractivity contribution in [2.24, 2.45) is 46.8 Å². The van der Waals surface area contributed by atoms with Gasteiger partial charge in [0.25, 0.3) is 0 Å². The van der Waals surface area contributed by atoms with Gasteiger partial charge in [-0.15, -0.1) is 0 Å². The molecule has 0 bridgehead atoms. The van der Waals surface area contributed by atoms with Gasteiger partial charge >= 0.3 is 0 Å². The number of hydrogen-bond acceptors (Lipinski definition) is 2.